The van der Waals surface area contributed by atoms with Gasteiger partial charge in [0.2, 0.25) is 0 Å². The van der Waals surface area contributed by atoms with Gasteiger partial charge in [-0.1, -0.05) is 18.2 Å². The number of aryl methyl sites for hydroxylation is 2. The molecule has 0 spiro atoms. The maximum atomic E-state index is 12.6. The van der Waals surface area contributed by atoms with E-state index in [4.69, 9.17) is 9.72 Å². The van der Waals surface area contributed by atoms with Gasteiger partial charge in [0.15, 0.2) is 0 Å². The van der Waals surface area contributed by atoms with Crippen LogP contribution in [0.3, 0.4) is 0 Å². The molecule has 6 heteroatoms. The van der Waals surface area contributed by atoms with Gasteiger partial charge in [0.25, 0.3) is 5.56 Å². The largest absolute Gasteiger partial charge is 0.492 e. The van der Waals surface area contributed by atoms with Gasteiger partial charge in [-0.25, -0.2) is 4.98 Å². The maximum Gasteiger partial charge on any atom is 0.259 e. The molecule has 0 saturated carbocycles. The summed E-state index contributed by atoms with van der Waals surface area (Å²) in [6, 6.07) is 9.80. The first kappa shape index (κ1) is 17.2. The number of aromatic amines is 1. The van der Waals surface area contributed by atoms with Crippen LogP contribution in [-0.4, -0.2) is 35.1 Å². The minimum Gasteiger partial charge on any atom is -0.492 e. The predicted octanol–water partition coefficient (Wildman–Crippen LogP) is 3.37. The molecule has 0 saturated heterocycles. The highest BCUT2D eigenvalue weighted by molar-refractivity contribution is 7.18. The highest BCUT2D eigenvalue weighted by Crippen LogP contribution is 2.33. The van der Waals surface area contributed by atoms with E-state index in [1.807, 2.05) is 37.4 Å². The van der Waals surface area contributed by atoms with Crippen molar-refractivity contribution in [3.05, 3.63) is 57.0 Å². The zero-order chi connectivity index (χ0) is 17.9. The number of ether oxygens (including phenoxy) is 1. The number of fused-ring (bicyclic) bond motifs is 3. The number of nitrogens with zero attached hydrogens (tertiary/aromatic N) is 2. The monoisotopic (exact) mass is 369 g/mol. The van der Waals surface area contributed by atoms with Crippen molar-refractivity contribution in [2.24, 2.45) is 0 Å². The van der Waals surface area contributed by atoms with E-state index in [1.54, 1.807) is 11.3 Å². The third-order valence-corrected chi connectivity index (χ3v) is 5.96. The Morgan fingerprint density at radius 2 is 2.04 bits per heavy atom. The summed E-state index contributed by atoms with van der Waals surface area (Å²) >= 11 is 1.70. The van der Waals surface area contributed by atoms with Gasteiger partial charge < -0.3 is 9.72 Å². The molecule has 4 rings (SSSR count). The lowest BCUT2D eigenvalue weighted by Crippen LogP contribution is -2.26. The molecular weight excluding hydrogens is 346 g/mol. The molecule has 0 amide bonds. The van der Waals surface area contributed by atoms with Crippen molar-refractivity contribution in [3.8, 4) is 5.75 Å². The average molecular weight is 369 g/mol. The second-order valence-corrected chi connectivity index (χ2v) is 7.89. The summed E-state index contributed by atoms with van der Waals surface area (Å²) in [6.07, 6.45) is 4.48. The summed E-state index contributed by atoms with van der Waals surface area (Å²) in [5.41, 5.74) is 1.25. The minimum atomic E-state index is 0.0123. The number of rotatable bonds is 6. The van der Waals surface area contributed by atoms with E-state index >= 15 is 0 Å². The van der Waals surface area contributed by atoms with Crippen LogP contribution in [0, 0.1) is 0 Å². The highest BCUT2D eigenvalue weighted by atomic mass is 32.1. The number of hydrogen-bond acceptors (Lipinski definition) is 5. The number of para-hydroxylation sites is 1. The van der Waals surface area contributed by atoms with Crippen molar-refractivity contribution in [2.45, 2.75) is 32.2 Å². The van der Waals surface area contributed by atoms with Crippen molar-refractivity contribution in [2.75, 3.05) is 20.2 Å². The number of benzene rings is 1. The molecular formula is C20H23N3O2S. The van der Waals surface area contributed by atoms with Crippen LogP contribution in [0.15, 0.2) is 35.1 Å². The lowest BCUT2D eigenvalue weighted by Gasteiger charge is -2.16. The number of hydrogen-bond donors (Lipinski definition) is 1. The second-order valence-electron chi connectivity index (χ2n) is 6.80. The Morgan fingerprint density at radius 3 is 2.88 bits per heavy atom. The SMILES string of the molecule is CN(CCOc1ccccc1)Cc1nc2sc3c(c2c(=O)[nH]1)CCCC3. The Hall–Kier alpha value is -2.18. The van der Waals surface area contributed by atoms with E-state index in [-0.39, 0.29) is 5.56 Å². The summed E-state index contributed by atoms with van der Waals surface area (Å²) in [5.74, 6) is 1.60. The smallest absolute Gasteiger partial charge is 0.259 e. The summed E-state index contributed by atoms with van der Waals surface area (Å²) in [6.45, 7) is 1.96. The van der Waals surface area contributed by atoms with Crippen LogP contribution in [0.5, 0.6) is 5.75 Å². The molecule has 0 unspecified atom stereocenters. The van der Waals surface area contributed by atoms with Crippen LogP contribution in [0.4, 0.5) is 0 Å². The molecule has 2 heterocycles. The zero-order valence-corrected chi connectivity index (χ0v) is 15.8. The Kier molecular flexibility index (Phi) is 5.04. The van der Waals surface area contributed by atoms with E-state index in [2.05, 4.69) is 9.88 Å². The van der Waals surface area contributed by atoms with Crippen molar-refractivity contribution in [3.63, 3.8) is 0 Å². The zero-order valence-electron chi connectivity index (χ0n) is 15.0. The van der Waals surface area contributed by atoms with E-state index in [0.717, 1.165) is 41.2 Å². The molecule has 0 fully saturated rings. The van der Waals surface area contributed by atoms with Crippen molar-refractivity contribution in [1.82, 2.24) is 14.9 Å². The number of H-pyrrole nitrogens is 1. The van der Waals surface area contributed by atoms with Crippen LogP contribution in [0.1, 0.15) is 29.1 Å². The van der Waals surface area contributed by atoms with Gasteiger partial charge in [-0.3, -0.25) is 9.69 Å². The second kappa shape index (κ2) is 7.60. The fraction of sp³-hybridized carbons (Fsp3) is 0.400. The number of aromatic nitrogens is 2. The average Bonchev–Trinajstić information content (AvgIpc) is 3.01. The molecule has 0 radical (unpaired) electrons. The molecule has 1 N–H and O–H groups in total. The van der Waals surface area contributed by atoms with E-state index in [9.17, 15) is 4.79 Å². The van der Waals surface area contributed by atoms with E-state index < -0.39 is 0 Å². The van der Waals surface area contributed by atoms with E-state index in [1.165, 1.54) is 23.3 Å². The number of nitrogens with one attached hydrogen (secondary N) is 1. The quantitative estimate of drug-likeness (QED) is 0.724. The number of thiophene rings is 1. The lowest BCUT2D eigenvalue weighted by molar-refractivity contribution is 0.230. The van der Waals surface area contributed by atoms with E-state index in [0.29, 0.717) is 13.2 Å². The molecule has 1 aliphatic rings. The predicted molar refractivity (Wildman–Crippen MR) is 105 cm³/mol. The Bertz CT molecular complexity index is 949. The van der Waals surface area contributed by atoms with Crippen LogP contribution < -0.4 is 10.3 Å². The molecule has 0 bridgehead atoms. The lowest BCUT2D eigenvalue weighted by atomic mass is 9.97. The normalized spacial score (nSPS) is 13.9. The molecule has 1 aliphatic carbocycles. The van der Waals surface area contributed by atoms with Gasteiger partial charge in [-0.2, -0.15) is 0 Å². The Morgan fingerprint density at radius 1 is 1.23 bits per heavy atom. The first-order chi connectivity index (χ1) is 12.7. The summed E-state index contributed by atoms with van der Waals surface area (Å²) in [7, 11) is 2.01. The summed E-state index contributed by atoms with van der Waals surface area (Å²) < 4.78 is 5.73. The van der Waals surface area contributed by atoms with Crippen LogP contribution >= 0.6 is 11.3 Å². The third kappa shape index (κ3) is 3.66. The molecule has 136 valence electrons. The van der Waals surface area contributed by atoms with Crippen LogP contribution in [0.25, 0.3) is 10.2 Å². The molecule has 0 aliphatic heterocycles. The Labute approximate surface area is 156 Å². The van der Waals surface area contributed by atoms with Crippen molar-refractivity contribution in [1.29, 1.82) is 0 Å². The fourth-order valence-corrected chi connectivity index (χ4v) is 4.74. The molecule has 1 aromatic carbocycles. The van der Waals surface area contributed by atoms with Crippen molar-refractivity contribution < 1.29 is 4.74 Å². The van der Waals surface area contributed by atoms with Gasteiger partial charge >= 0.3 is 0 Å². The molecule has 0 atom stereocenters. The van der Waals surface area contributed by atoms with Crippen molar-refractivity contribution >= 4 is 21.6 Å². The fourth-order valence-electron chi connectivity index (χ4n) is 3.45. The number of likely N-dealkylation sites (N-methyl/N-ethyl adjacent to an activating group) is 1. The van der Waals surface area contributed by atoms with Gasteiger partial charge in [-0.15, -0.1) is 11.3 Å². The van der Waals surface area contributed by atoms with Gasteiger partial charge in [0.1, 0.15) is 23.0 Å². The molecule has 3 aromatic rings. The third-order valence-electron chi connectivity index (χ3n) is 4.78. The Balaban J connectivity index is 1.43. The molecule has 2 aromatic heterocycles. The van der Waals surface area contributed by atoms with Crippen LogP contribution in [0.2, 0.25) is 0 Å². The van der Waals surface area contributed by atoms with Crippen LogP contribution in [-0.2, 0) is 19.4 Å². The summed E-state index contributed by atoms with van der Waals surface area (Å²) in [4.78, 5) is 24.6. The van der Waals surface area contributed by atoms with Gasteiger partial charge in [-0.05, 0) is 50.4 Å². The standard InChI is InChI=1S/C20H23N3O2S/c1-23(11-12-25-14-7-3-2-4-8-14)13-17-21-19(24)18-15-9-5-6-10-16(15)26-20(18)22-17/h2-4,7-8H,5-6,9-13H2,1H3,(H,21,22,24). The maximum absolute atomic E-state index is 12.6. The minimum absolute atomic E-state index is 0.0123. The summed E-state index contributed by atoms with van der Waals surface area (Å²) in [5, 5.41) is 0.823. The topological polar surface area (TPSA) is 58.2 Å². The molecule has 5 nitrogen and oxygen atoms in total. The van der Waals surface area contributed by atoms with Gasteiger partial charge in [0.05, 0.1) is 11.9 Å². The first-order valence-corrected chi connectivity index (χ1v) is 9.92. The first-order valence-electron chi connectivity index (χ1n) is 9.10. The molecule has 26 heavy (non-hydrogen) atoms. The van der Waals surface area contributed by atoms with Gasteiger partial charge in [0, 0.05) is 11.4 Å². The highest BCUT2D eigenvalue weighted by Gasteiger charge is 2.19.